The molecule has 35 heavy (non-hydrogen) atoms. The number of carbonyl (C=O) groups is 1. The van der Waals surface area contributed by atoms with Gasteiger partial charge in [0.2, 0.25) is 17.8 Å². The van der Waals surface area contributed by atoms with Crippen molar-refractivity contribution in [2.24, 2.45) is 0 Å². The fraction of sp³-hybridized carbons (Fsp3) is 0.120. The molecule has 0 unspecified atom stereocenters. The van der Waals surface area contributed by atoms with Crippen LogP contribution >= 0.6 is 0 Å². The predicted octanol–water partition coefficient (Wildman–Crippen LogP) is 4.77. The molecule has 0 radical (unpaired) electrons. The molecule has 1 aromatic heterocycles. The molecule has 0 fully saturated rings. The largest absolute Gasteiger partial charge is 0.497 e. The third-order valence-electron chi connectivity index (χ3n) is 4.90. The van der Waals surface area contributed by atoms with E-state index in [1.165, 1.54) is 12.1 Å². The molecule has 3 aromatic carbocycles. The Kier molecular flexibility index (Phi) is 7.22. The Morgan fingerprint density at radius 3 is 2.23 bits per heavy atom. The van der Waals surface area contributed by atoms with E-state index in [2.05, 4.69) is 30.9 Å². The lowest BCUT2D eigenvalue weighted by Gasteiger charge is -2.11. The van der Waals surface area contributed by atoms with Gasteiger partial charge in [0.05, 0.1) is 12.7 Å². The van der Waals surface area contributed by atoms with Crippen LogP contribution in [0.2, 0.25) is 0 Å². The Labute approximate surface area is 202 Å². The number of nitrogens with zero attached hydrogens (tertiary/aromatic N) is 3. The van der Waals surface area contributed by atoms with Crippen molar-refractivity contribution in [2.45, 2.75) is 6.54 Å². The summed E-state index contributed by atoms with van der Waals surface area (Å²) in [5, 5.41) is 18.3. The fourth-order valence-corrected chi connectivity index (χ4v) is 3.12. The number of nitrogens with one attached hydrogen (secondary N) is 3. The summed E-state index contributed by atoms with van der Waals surface area (Å²) in [6.07, 6.45) is 0. The van der Waals surface area contributed by atoms with Crippen molar-refractivity contribution in [3.8, 4) is 17.2 Å². The van der Waals surface area contributed by atoms with Gasteiger partial charge in [-0.1, -0.05) is 18.2 Å². The van der Waals surface area contributed by atoms with Crippen molar-refractivity contribution in [2.75, 3.05) is 30.1 Å². The summed E-state index contributed by atoms with van der Waals surface area (Å²) < 4.78 is 11.0. The number of aromatic carboxylic acids is 1. The van der Waals surface area contributed by atoms with Gasteiger partial charge >= 0.3 is 5.97 Å². The smallest absolute Gasteiger partial charge is 0.335 e. The zero-order valence-corrected chi connectivity index (χ0v) is 19.1. The highest BCUT2D eigenvalue weighted by molar-refractivity contribution is 5.87. The molecule has 0 saturated carbocycles. The minimum absolute atomic E-state index is 0.194. The van der Waals surface area contributed by atoms with E-state index in [4.69, 9.17) is 14.6 Å². The standard InChI is InChI=1S/C25H24N6O4/c1-26-23-29-24(27-15-16-6-10-19(34-2)11-7-16)31-25(30-23)28-18-4-3-5-21(14-18)35-20-12-8-17(9-13-20)22(32)33/h3-14H,15H2,1-2H3,(H,32,33)(H3,26,27,28,29,30,31). The van der Waals surface area contributed by atoms with Crippen molar-refractivity contribution in [1.29, 1.82) is 0 Å². The van der Waals surface area contributed by atoms with E-state index in [0.29, 0.717) is 41.6 Å². The monoisotopic (exact) mass is 472 g/mol. The maximum absolute atomic E-state index is 11.0. The summed E-state index contributed by atoms with van der Waals surface area (Å²) in [5.74, 6) is 2.07. The van der Waals surface area contributed by atoms with Crippen LogP contribution in [0.3, 0.4) is 0 Å². The lowest BCUT2D eigenvalue weighted by atomic mass is 10.2. The van der Waals surface area contributed by atoms with Crippen molar-refractivity contribution in [1.82, 2.24) is 15.0 Å². The number of carboxylic acid groups (broad SMARTS) is 1. The van der Waals surface area contributed by atoms with E-state index in [9.17, 15) is 4.79 Å². The number of carboxylic acids is 1. The van der Waals surface area contributed by atoms with Crippen molar-refractivity contribution < 1.29 is 19.4 Å². The van der Waals surface area contributed by atoms with Gasteiger partial charge in [-0.05, 0) is 54.1 Å². The van der Waals surface area contributed by atoms with Crippen LogP contribution in [-0.4, -0.2) is 40.2 Å². The lowest BCUT2D eigenvalue weighted by Crippen LogP contribution is -2.09. The maximum atomic E-state index is 11.0. The second-order valence-electron chi connectivity index (χ2n) is 7.34. The molecule has 1 heterocycles. The zero-order chi connectivity index (χ0) is 24.6. The van der Waals surface area contributed by atoms with Crippen molar-refractivity contribution in [3.05, 3.63) is 83.9 Å². The van der Waals surface area contributed by atoms with Gasteiger partial charge in [0.1, 0.15) is 17.2 Å². The van der Waals surface area contributed by atoms with Crippen LogP contribution in [0.15, 0.2) is 72.8 Å². The first-order valence-electron chi connectivity index (χ1n) is 10.7. The molecule has 178 valence electrons. The Bertz CT molecular complexity index is 1300. The van der Waals surface area contributed by atoms with Crippen molar-refractivity contribution >= 4 is 29.5 Å². The van der Waals surface area contributed by atoms with Gasteiger partial charge in [0.15, 0.2) is 0 Å². The van der Waals surface area contributed by atoms with Gasteiger partial charge in [-0.15, -0.1) is 0 Å². The molecule has 0 atom stereocenters. The zero-order valence-electron chi connectivity index (χ0n) is 19.1. The number of methoxy groups -OCH3 is 1. The van der Waals surface area contributed by atoms with E-state index in [1.54, 1.807) is 38.4 Å². The van der Waals surface area contributed by atoms with Crippen LogP contribution in [-0.2, 0) is 6.54 Å². The summed E-state index contributed by atoms with van der Waals surface area (Å²) in [7, 11) is 3.36. The summed E-state index contributed by atoms with van der Waals surface area (Å²) in [5.41, 5.74) is 1.95. The Balaban J connectivity index is 1.45. The van der Waals surface area contributed by atoms with Crippen LogP contribution in [0.25, 0.3) is 0 Å². The van der Waals surface area contributed by atoms with Crippen LogP contribution in [0.4, 0.5) is 23.5 Å². The molecule has 0 spiro atoms. The molecule has 10 nitrogen and oxygen atoms in total. The number of hydrogen-bond donors (Lipinski definition) is 4. The van der Waals surface area contributed by atoms with E-state index >= 15 is 0 Å². The topological polar surface area (TPSA) is 131 Å². The predicted molar refractivity (Wildman–Crippen MR) is 133 cm³/mol. The highest BCUT2D eigenvalue weighted by Gasteiger charge is 2.08. The fourth-order valence-electron chi connectivity index (χ4n) is 3.12. The third kappa shape index (κ3) is 6.35. The first kappa shape index (κ1) is 23.3. The minimum atomic E-state index is -0.987. The normalized spacial score (nSPS) is 10.3. The lowest BCUT2D eigenvalue weighted by molar-refractivity contribution is 0.0697. The summed E-state index contributed by atoms with van der Waals surface area (Å²) in [6, 6.07) is 21.2. The molecule has 0 saturated heterocycles. The second kappa shape index (κ2) is 10.8. The summed E-state index contributed by atoms with van der Waals surface area (Å²) in [4.78, 5) is 24.2. The molecule has 4 aromatic rings. The van der Waals surface area contributed by atoms with Gasteiger partial charge in [-0.2, -0.15) is 15.0 Å². The average molecular weight is 473 g/mol. The molecular weight excluding hydrogens is 448 g/mol. The Hall–Kier alpha value is -4.86. The van der Waals surface area contributed by atoms with Crippen LogP contribution in [0.1, 0.15) is 15.9 Å². The first-order valence-corrected chi connectivity index (χ1v) is 10.7. The van der Waals surface area contributed by atoms with Crippen LogP contribution < -0.4 is 25.4 Å². The van der Waals surface area contributed by atoms with E-state index in [0.717, 1.165) is 11.3 Å². The maximum Gasteiger partial charge on any atom is 0.335 e. The Morgan fingerprint density at radius 2 is 1.54 bits per heavy atom. The SMILES string of the molecule is CNc1nc(NCc2ccc(OC)cc2)nc(Nc2cccc(Oc3ccc(C(=O)O)cc3)c2)n1. The molecule has 0 bridgehead atoms. The van der Waals surface area contributed by atoms with E-state index in [-0.39, 0.29) is 5.56 Å². The Morgan fingerprint density at radius 1 is 0.857 bits per heavy atom. The second-order valence-corrected chi connectivity index (χ2v) is 7.34. The minimum Gasteiger partial charge on any atom is -0.497 e. The van der Waals surface area contributed by atoms with Crippen molar-refractivity contribution in [3.63, 3.8) is 0 Å². The van der Waals surface area contributed by atoms with Crippen LogP contribution in [0, 0.1) is 0 Å². The summed E-state index contributed by atoms with van der Waals surface area (Å²) in [6.45, 7) is 0.528. The van der Waals surface area contributed by atoms with Gasteiger partial charge in [-0.25, -0.2) is 4.79 Å². The molecule has 0 aliphatic heterocycles. The molecule has 0 aliphatic carbocycles. The van der Waals surface area contributed by atoms with Gasteiger partial charge in [0.25, 0.3) is 0 Å². The van der Waals surface area contributed by atoms with Gasteiger partial charge < -0.3 is 30.5 Å². The molecule has 10 heteroatoms. The molecular formula is C25H24N6O4. The summed E-state index contributed by atoms with van der Waals surface area (Å²) >= 11 is 0. The van der Waals surface area contributed by atoms with E-state index in [1.807, 2.05) is 36.4 Å². The third-order valence-corrected chi connectivity index (χ3v) is 4.90. The number of ether oxygens (including phenoxy) is 2. The number of anilines is 4. The van der Waals surface area contributed by atoms with Gasteiger partial charge in [0, 0.05) is 25.3 Å². The highest BCUT2D eigenvalue weighted by Crippen LogP contribution is 2.26. The molecule has 0 aliphatic rings. The number of aromatic nitrogens is 3. The molecule has 4 rings (SSSR count). The molecule has 4 N–H and O–H groups in total. The number of hydrogen-bond acceptors (Lipinski definition) is 9. The van der Waals surface area contributed by atoms with Gasteiger partial charge in [-0.3, -0.25) is 0 Å². The average Bonchev–Trinajstić information content (AvgIpc) is 2.88. The van der Waals surface area contributed by atoms with Crippen LogP contribution in [0.5, 0.6) is 17.2 Å². The highest BCUT2D eigenvalue weighted by atomic mass is 16.5. The first-order chi connectivity index (χ1) is 17.0. The number of rotatable bonds is 10. The van der Waals surface area contributed by atoms with E-state index < -0.39 is 5.97 Å². The quantitative estimate of drug-likeness (QED) is 0.256. The molecule has 0 amide bonds. The number of benzene rings is 3.